The van der Waals surface area contributed by atoms with Gasteiger partial charge in [-0.25, -0.2) is 0 Å². The molecule has 2 aromatic heterocycles. The number of carbonyl (C=O) groups excluding carboxylic acids is 1. The van der Waals surface area contributed by atoms with Crippen molar-refractivity contribution in [1.82, 2.24) is 19.9 Å². The summed E-state index contributed by atoms with van der Waals surface area (Å²) in [6.07, 6.45) is 3.28. The first-order valence-corrected chi connectivity index (χ1v) is 7.29. The zero-order valence-electron chi connectivity index (χ0n) is 12.2. The number of fused-ring (bicyclic) bond motifs is 1. The molecule has 0 spiro atoms. The highest BCUT2D eigenvalue weighted by Gasteiger charge is 2.31. The number of halogens is 3. The van der Waals surface area contributed by atoms with Crippen LogP contribution in [0.4, 0.5) is 13.2 Å². The summed E-state index contributed by atoms with van der Waals surface area (Å²) in [6, 6.07) is 1.90. The summed E-state index contributed by atoms with van der Waals surface area (Å²) >= 11 is 0. The molecule has 1 atom stereocenters. The van der Waals surface area contributed by atoms with Gasteiger partial charge in [0.25, 0.3) is 0 Å². The van der Waals surface area contributed by atoms with Crippen molar-refractivity contribution in [3.05, 3.63) is 41.9 Å². The predicted molar refractivity (Wildman–Crippen MR) is 76.3 cm³/mol. The molecule has 3 rings (SSSR count). The van der Waals surface area contributed by atoms with Gasteiger partial charge in [-0.3, -0.25) is 9.20 Å². The minimum Gasteiger partial charge on any atom is -0.349 e. The molecule has 1 aliphatic rings. The molecular weight excluding hydrogens is 309 g/mol. The van der Waals surface area contributed by atoms with Crippen LogP contribution in [0.1, 0.15) is 30.7 Å². The smallest absolute Gasteiger partial charge is 0.349 e. The Labute approximate surface area is 130 Å². The fourth-order valence-corrected chi connectivity index (χ4v) is 2.58. The third kappa shape index (κ3) is 3.35. The summed E-state index contributed by atoms with van der Waals surface area (Å²) in [5, 5.41) is 10.4. The van der Waals surface area contributed by atoms with E-state index in [1.54, 1.807) is 0 Å². The van der Waals surface area contributed by atoms with Crippen LogP contribution in [0.25, 0.3) is 5.65 Å². The van der Waals surface area contributed by atoms with Crippen LogP contribution >= 0.6 is 0 Å². The van der Waals surface area contributed by atoms with E-state index in [2.05, 4.69) is 15.5 Å². The normalized spacial score (nSPS) is 18.3. The summed E-state index contributed by atoms with van der Waals surface area (Å²) in [4.78, 5) is 12.1. The highest BCUT2D eigenvalue weighted by molar-refractivity contribution is 5.78. The SMILES string of the molecule is O=C(NCc1nnc2cc(C(F)(F)F)ccn12)[C@H]1CC=CCC1. The summed E-state index contributed by atoms with van der Waals surface area (Å²) < 4.78 is 39.4. The van der Waals surface area contributed by atoms with Gasteiger partial charge in [-0.2, -0.15) is 13.2 Å². The summed E-state index contributed by atoms with van der Waals surface area (Å²) in [5.74, 6) is 0.266. The molecule has 0 aromatic carbocycles. The maximum absolute atomic E-state index is 12.7. The lowest BCUT2D eigenvalue weighted by Crippen LogP contribution is -2.31. The lowest BCUT2D eigenvalue weighted by molar-refractivity contribution is -0.137. The first-order valence-electron chi connectivity index (χ1n) is 7.29. The van der Waals surface area contributed by atoms with E-state index in [4.69, 9.17) is 0 Å². The third-order valence-electron chi connectivity index (χ3n) is 3.87. The second kappa shape index (κ2) is 6.02. The molecule has 122 valence electrons. The third-order valence-corrected chi connectivity index (χ3v) is 3.87. The molecule has 0 radical (unpaired) electrons. The van der Waals surface area contributed by atoms with Crippen molar-refractivity contribution in [2.24, 2.45) is 5.92 Å². The van der Waals surface area contributed by atoms with Crippen molar-refractivity contribution < 1.29 is 18.0 Å². The Kier molecular flexibility index (Phi) is 4.06. The number of allylic oxidation sites excluding steroid dienone is 2. The van der Waals surface area contributed by atoms with Crippen molar-refractivity contribution in [2.45, 2.75) is 32.0 Å². The first-order chi connectivity index (χ1) is 10.9. The zero-order chi connectivity index (χ0) is 16.4. The second-order valence-electron chi connectivity index (χ2n) is 5.46. The highest BCUT2D eigenvalue weighted by Crippen LogP contribution is 2.29. The largest absolute Gasteiger partial charge is 0.416 e. The van der Waals surface area contributed by atoms with Crippen LogP contribution in [0.5, 0.6) is 0 Å². The maximum atomic E-state index is 12.7. The number of hydrogen-bond acceptors (Lipinski definition) is 3. The van der Waals surface area contributed by atoms with Gasteiger partial charge in [0.05, 0.1) is 12.1 Å². The number of pyridine rings is 1. The fraction of sp³-hybridized carbons (Fsp3) is 0.400. The van der Waals surface area contributed by atoms with E-state index in [0.717, 1.165) is 25.0 Å². The van der Waals surface area contributed by atoms with Crippen LogP contribution in [0.15, 0.2) is 30.5 Å². The Hall–Kier alpha value is -2.38. The number of nitrogens with zero attached hydrogens (tertiary/aromatic N) is 3. The fourth-order valence-electron chi connectivity index (χ4n) is 2.58. The molecule has 2 heterocycles. The average Bonchev–Trinajstić information content (AvgIpc) is 2.95. The molecular formula is C15H15F3N4O. The minimum absolute atomic E-state index is 0.0592. The number of aromatic nitrogens is 3. The van der Waals surface area contributed by atoms with Crippen LogP contribution in [0, 0.1) is 5.92 Å². The Morgan fingerprint density at radius 1 is 1.35 bits per heavy atom. The molecule has 1 amide bonds. The lowest BCUT2D eigenvalue weighted by atomic mass is 9.94. The van der Waals surface area contributed by atoms with Gasteiger partial charge < -0.3 is 5.32 Å². The number of hydrogen-bond donors (Lipinski definition) is 1. The molecule has 0 saturated heterocycles. The predicted octanol–water partition coefficient (Wildman–Crippen LogP) is 2.72. The number of alkyl halides is 3. The molecule has 23 heavy (non-hydrogen) atoms. The van der Waals surface area contributed by atoms with Crippen LogP contribution < -0.4 is 5.32 Å². The Bertz CT molecular complexity index is 751. The van der Waals surface area contributed by atoms with Gasteiger partial charge in [0.1, 0.15) is 0 Å². The molecule has 0 aliphatic heterocycles. The van der Waals surface area contributed by atoms with Gasteiger partial charge in [0, 0.05) is 12.1 Å². The van der Waals surface area contributed by atoms with Gasteiger partial charge in [-0.15, -0.1) is 10.2 Å². The molecule has 8 heteroatoms. The number of rotatable bonds is 3. The molecule has 0 fully saturated rings. The number of carbonyl (C=O) groups is 1. The maximum Gasteiger partial charge on any atom is 0.416 e. The van der Waals surface area contributed by atoms with E-state index in [1.807, 2.05) is 12.2 Å². The van der Waals surface area contributed by atoms with E-state index >= 15 is 0 Å². The van der Waals surface area contributed by atoms with Gasteiger partial charge in [-0.1, -0.05) is 12.2 Å². The van der Waals surface area contributed by atoms with Crippen molar-refractivity contribution in [3.8, 4) is 0 Å². The summed E-state index contributed by atoms with van der Waals surface area (Å²) in [5.41, 5.74) is -0.674. The standard InChI is InChI=1S/C15H15F3N4O/c16-15(17,18)11-6-7-22-12(8-11)20-21-13(22)9-19-14(23)10-4-2-1-3-5-10/h1-2,6-8,10H,3-5,9H2,(H,19,23)/t10-/m0/s1. The molecule has 1 N–H and O–H groups in total. The van der Waals surface area contributed by atoms with Crippen molar-refractivity contribution in [1.29, 1.82) is 0 Å². The second-order valence-corrected chi connectivity index (χ2v) is 5.46. The van der Waals surface area contributed by atoms with Crippen LogP contribution in [-0.2, 0) is 17.5 Å². The number of amides is 1. The monoisotopic (exact) mass is 324 g/mol. The topological polar surface area (TPSA) is 59.3 Å². The van der Waals surface area contributed by atoms with Crippen LogP contribution in [-0.4, -0.2) is 20.5 Å². The molecule has 0 bridgehead atoms. The van der Waals surface area contributed by atoms with E-state index in [1.165, 1.54) is 10.6 Å². The van der Waals surface area contributed by atoms with Crippen LogP contribution in [0.2, 0.25) is 0 Å². The van der Waals surface area contributed by atoms with E-state index < -0.39 is 11.7 Å². The Morgan fingerprint density at radius 2 is 2.17 bits per heavy atom. The first kappa shape index (κ1) is 15.5. The van der Waals surface area contributed by atoms with Crippen molar-refractivity contribution in [2.75, 3.05) is 0 Å². The van der Waals surface area contributed by atoms with Gasteiger partial charge in [0.15, 0.2) is 11.5 Å². The molecule has 0 unspecified atom stereocenters. The lowest BCUT2D eigenvalue weighted by Gasteiger charge is -2.16. The van der Waals surface area contributed by atoms with Gasteiger partial charge in [-0.05, 0) is 31.4 Å². The zero-order valence-corrected chi connectivity index (χ0v) is 12.2. The Balaban J connectivity index is 1.71. The molecule has 0 saturated carbocycles. The number of nitrogens with one attached hydrogen (secondary N) is 1. The molecule has 2 aromatic rings. The van der Waals surface area contributed by atoms with E-state index in [-0.39, 0.29) is 24.0 Å². The Morgan fingerprint density at radius 3 is 2.87 bits per heavy atom. The molecule has 5 nitrogen and oxygen atoms in total. The van der Waals surface area contributed by atoms with Crippen molar-refractivity contribution >= 4 is 11.6 Å². The van der Waals surface area contributed by atoms with Gasteiger partial charge in [0.2, 0.25) is 5.91 Å². The molecule has 1 aliphatic carbocycles. The summed E-state index contributed by atoms with van der Waals surface area (Å²) in [6.45, 7) is 0.131. The van der Waals surface area contributed by atoms with Gasteiger partial charge >= 0.3 is 6.18 Å². The van der Waals surface area contributed by atoms with E-state index in [0.29, 0.717) is 12.2 Å². The quantitative estimate of drug-likeness (QED) is 0.883. The van der Waals surface area contributed by atoms with Crippen LogP contribution in [0.3, 0.4) is 0 Å². The van der Waals surface area contributed by atoms with E-state index in [9.17, 15) is 18.0 Å². The minimum atomic E-state index is -4.42. The summed E-state index contributed by atoms with van der Waals surface area (Å²) in [7, 11) is 0. The average molecular weight is 324 g/mol. The van der Waals surface area contributed by atoms with Crippen molar-refractivity contribution in [3.63, 3.8) is 0 Å². The highest BCUT2D eigenvalue weighted by atomic mass is 19.4.